The fourth-order valence-corrected chi connectivity index (χ4v) is 3.56. The van der Waals surface area contributed by atoms with Gasteiger partial charge in [-0.25, -0.2) is 4.98 Å². The number of rotatable bonds is 7. The molecule has 0 radical (unpaired) electrons. The molecule has 33 heavy (non-hydrogen) atoms. The Hall–Kier alpha value is -4.07. The van der Waals surface area contributed by atoms with Gasteiger partial charge in [0.2, 0.25) is 0 Å². The maximum atomic E-state index is 8.82. The molecule has 4 heterocycles. The zero-order chi connectivity index (χ0) is 23.4. The Morgan fingerprint density at radius 1 is 1.03 bits per heavy atom. The molecule has 0 aliphatic rings. The molecular formula is C25H26N8. The van der Waals surface area contributed by atoms with Gasteiger partial charge in [-0.05, 0) is 60.4 Å². The highest BCUT2D eigenvalue weighted by Crippen LogP contribution is 2.25. The number of nitrogens with one attached hydrogen (secondary N) is 2. The maximum absolute atomic E-state index is 8.82. The Balaban J connectivity index is 1.68. The van der Waals surface area contributed by atoms with Crippen molar-refractivity contribution in [2.24, 2.45) is 4.99 Å². The monoisotopic (exact) mass is 438 g/mol. The van der Waals surface area contributed by atoms with E-state index in [2.05, 4.69) is 44.3 Å². The van der Waals surface area contributed by atoms with Crippen LogP contribution in [0.5, 0.6) is 0 Å². The van der Waals surface area contributed by atoms with Crippen LogP contribution in [0, 0.1) is 12.3 Å². The van der Waals surface area contributed by atoms with Crippen LogP contribution < -0.4 is 5.32 Å². The fraction of sp³-hybridized carbons (Fsp3) is 0.240. The average molecular weight is 439 g/mol. The van der Waals surface area contributed by atoms with E-state index in [4.69, 9.17) is 10.4 Å². The van der Waals surface area contributed by atoms with E-state index < -0.39 is 0 Å². The minimum atomic E-state index is -0.359. The summed E-state index contributed by atoms with van der Waals surface area (Å²) >= 11 is 0. The Bertz CT molecular complexity index is 1330. The Labute approximate surface area is 192 Å². The van der Waals surface area contributed by atoms with Gasteiger partial charge in [-0.1, -0.05) is 13.8 Å². The molecule has 4 aromatic rings. The average Bonchev–Trinajstić information content (AvgIpc) is 2.82. The number of hydrogen-bond donors (Lipinski definition) is 2. The first-order valence-corrected chi connectivity index (χ1v) is 10.8. The lowest BCUT2D eigenvalue weighted by molar-refractivity contribution is 0.843. The van der Waals surface area contributed by atoms with Gasteiger partial charge in [-0.3, -0.25) is 15.0 Å². The third kappa shape index (κ3) is 4.90. The van der Waals surface area contributed by atoms with Crippen LogP contribution >= 0.6 is 0 Å². The predicted octanol–water partition coefficient (Wildman–Crippen LogP) is 4.84. The van der Waals surface area contributed by atoms with E-state index in [1.54, 1.807) is 31.9 Å². The number of hydrogen-bond acceptors (Lipinski definition) is 8. The van der Waals surface area contributed by atoms with Crippen LogP contribution in [0.1, 0.15) is 48.1 Å². The smallest absolute Gasteiger partial charge is 0.154 e. The van der Waals surface area contributed by atoms with Crippen molar-refractivity contribution in [3.63, 3.8) is 0 Å². The normalized spacial score (nSPS) is 12.4. The lowest BCUT2D eigenvalue weighted by Crippen LogP contribution is -2.16. The van der Waals surface area contributed by atoms with Gasteiger partial charge in [-0.15, -0.1) is 5.10 Å². The molecule has 4 rings (SSSR count). The first kappa shape index (κ1) is 22.1. The van der Waals surface area contributed by atoms with E-state index in [1.165, 1.54) is 0 Å². The lowest BCUT2D eigenvalue weighted by Gasteiger charge is -2.16. The summed E-state index contributed by atoms with van der Waals surface area (Å²) in [6.45, 7) is 6.13. The summed E-state index contributed by atoms with van der Waals surface area (Å²) in [4.78, 5) is 17.8. The molecule has 0 spiro atoms. The third-order valence-electron chi connectivity index (χ3n) is 5.42. The topological polar surface area (TPSA) is 113 Å². The summed E-state index contributed by atoms with van der Waals surface area (Å²) in [7, 11) is 1.71. The molecule has 0 saturated carbocycles. The molecule has 2 N–H and O–H groups in total. The fourth-order valence-electron chi connectivity index (χ4n) is 3.56. The summed E-state index contributed by atoms with van der Waals surface area (Å²) in [5.41, 5.74) is 5.44. The van der Waals surface area contributed by atoms with Crippen LogP contribution in [-0.4, -0.2) is 44.1 Å². The highest BCUT2D eigenvalue weighted by molar-refractivity contribution is 6.12. The van der Waals surface area contributed by atoms with Crippen molar-refractivity contribution in [1.82, 2.24) is 25.1 Å². The van der Waals surface area contributed by atoms with Gasteiger partial charge >= 0.3 is 0 Å². The first-order chi connectivity index (χ1) is 16.0. The quantitative estimate of drug-likeness (QED) is 0.399. The second-order valence-corrected chi connectivity index (χ2v) is 8.09. The van der Waals surface area contributed by atoms with Gasteiger partial charge in [0, 0.05) is 36.9 Å². The molecule has 0 saturated heterocycles. The molecule has 8 heteroatoms. The highest BCUT2D eigenvalue weighted by Gasteiger charge is 2.19. The first-order valence-electron chi connectivity index (χ1n) is 10.8. The van der Waals surface area contributed by atoms with E-state index in [1.807, 2.05) is 43.3 Å². The van der Waals surface area contributed by atoms with E-state index in [-0.39, 0.29) is 5.92 Å². The number of aromatic nitrogens is 5. The largest absolute Gasteiger partial charge is 0.323 e. The molecule has 0 amide bonds. The van der Waals surface area contributed by atoms with E-state index in [0.29, 0.717) is 23.3 Å². The number of anilines is 2. The highest BCUT2D eigenvalue weighted by atomic mass is 15.2. The second kappa shape index (κ2) is 9.60. The SMILES string of the molecule is CN=CC(C(=N)c1cccnc1C)c1cnc2ccc(Nc3cc(C(C)C)cnn3)nc2c1. The summed E-state index contributed by atoms with van der Waals surface area (Å²) in [6.07, 6.45) is 7.04. The molecule has 0 fully saturated rings. The van der Waals surface area contributed by atoms with Gasteiger partial charge in [0.05, 0.1) is 28.9 Å². The number of aryl methyl sites for hydroxylation is 1. The van der Waals surface area contributed by atoms with Crippen molar-refractivity contribution >= 4 is 34.6 Å². The number of aliphatic imine (C=N–C) groups is 1. The van der Waals surface area contributed by atoms with E-state index in [9.17, 15) is 0 Å². The summed E-state index contributed by atoms with van der Waals surface area (Å²) < 4.78 is 0. The molecule has 1 unspecified atom stereocenters. The van der Waals surface area contributed by atoms with Crippen LogP contribution in [0.4, 0.5) is 11.6 Å². The Morgan fingerprint density at radius 3 is 2.64 bits per heavy atom. The van der Waals surface area contributed by atoms with Crippen LogP contribution in [0.25, 0.3) is 11.0 Å². The number of nitrogens with zero attached hydrogens (tertiary/aromatic N) is 6. The molecule has 0 aromatic carbocycles. The molecule has 0 aliphatic carbocycles. The standard InChI is InChI=1S/C25H26N8/c1-15(2)17-11-24(33-30-13-17)32-23-8-7-21-22(31-23)10-18(12-29-21)20(14-27-4)25(26)19-6-5-9-28-16(19)3/h5-15,20,26H,1-4H3,(H,31,32,33). The molecule has 8 nitrogen and oxygen atoms in total. The molecule has 4 aromatic heterocycles. The molecular weight excluding hydrogens is 412 g/mol. The van der Waals surface area contributed by atoms with Gasteiger partial charge in [0.1, 0.15) is 5.82 Å². The van der Waals surface area contributed by atoms with Crippen molar-refractivity contribution in [2.45, 2.75) is 32.6 Å². The summed E-state index contributed by atoms with van der Waals surface area (Å²) in [5, 5.41) is 20.3. The molecule has 0 bridgehead atoms. The van der Waals surface area contributed by atoms with Crippen LogP contribution in [0.2, 0.25) is 0 Å². The van der Waals surface area contributed by atoms with Crippen molar-refractivity contribution in [2.75, 3.05) is 12.4 Å². The van der Waals surface area contributed by atoms with Crippen molar-refractivity contribution < 1.29 is 0 Å². The lowest BCUT2D eigenvalue weighted by atomic mass is 9.91. The van der Waals surface area contributed by atoms with Gasteiger partial charge in [-0.2, -0.15) is 5.10 Å². The zero-order valence-corrected chi connectivity index (χ0v) is 19.1. The van der Waals surface area contributed by atoms with Crippen LogP contribution in [0.3, 0.4) is 0 Å². The van der Waals surface area contributed by atoms with Gasteiger partial charge in [0.15, 0.2) is 5.82 Å². The number of fused-ring (bicyclic) bond motifs is 1. The van der Waals surface area contributed by atoms with Crippen molar-refractivity contribution in [1.29, 1.82) is 5.41 Å². The van der Waals surface area contributed by atoms with Crippen molar-refractivity contribution in [3.05, 3.63) is 77.4 Å². The minimum Gasteiger partial charge on any atom is -0.323 e. The summed E-state index contributed by atoms with van der Waals surface area (Å²) in [6, 6.07) is 11.5. The van der Waals surface area contributed by atoms with Gasteiger partial charge in [0.25, 0.3) is 0 Å². The van der Waals surface area contributed by atoms with Crippen LogP contribution in [0.15, 0.2) is 60.0 Å². The molecule has 1 atom stereocenters. The zero-order valence-electron chi connectivity index (χ0n) is 19.1. The van der Waals surface area contributed by atoms with Gasteiger partial charge < -0.3 is 10.7 Å². The third-order valence-corrected chi connectivity index (χ3v) is 5.42. The maximum Gasteiger partial charge on any atom is 0.154 e. The predicted molar refractivity (Wildman–Crippen MR) is 132 cm³/mol. The van der Waals surface area contributed by atoms with Crippen molar-refractivity contribution in [3.8, 4) is 0 Å². The second-order valence-electron chi connectivity index (χ2n) is 8.09. The van der Waals surface area contributed by atoms with Crippen LogP contribution in [-0.2, 0) is 0 Å². The Kier molecular flexibility index (Phi) is 6.44. The number of pyridine rings is 3. The van der Waals surface area contributed by atoms with E-state index in [0.717, 1.165) is 33.4 Å². The molecule has 0 aliphatic heterocycles. The molecule has 166 valence electrons. The minimum absolute atomic E-state index is 0.355. The Morgan fingerprint density at radius 2 is 1.88 bits per heavy atom. The van der Waals surface area contributed by atoms with E-state index >= 15 is 0 Å². The summed E-state index contributed by atoms with van der Waals surface area (Å²) in [5.74, 6) is 1.28.